The van der Waals surface area contributed by atoms with Gasteiger partial charge in [-0.1, -0.05) is 0 Å². The highest BCUT2D eigenvalue weighted by atomic mass is 79.9. The second-order valence-electron chi connectivity index (χ2n) is 2.77. The maximum Gasteiger partial charge on any atom is 0.119 e. The number of rotatable bonds is 2. The number of nitrogens with zero attached hydrogens (tertiary/aromatic N) is 1. The van der Waals surface area contributed by atoms with Crippen LogP contribution in [-0.4, -0.2) is 10.1 Å². The molecule has 0 amide bonds. The van der Waals surface area contributed by atoms with Crippen LogP contribution >= 0.6 is 38.6 Å². The second-order valence-corrected chi connectivity index (χ2v) is 6.53. The molecule has 2 aromatic rings. The quantitative estimate of drug-likeness (QED) is 0.919. The smallest absolute Gasteiger partial charge is 0.119 e. The summed E-state index contributed by atoms with van der Waals surface area (Å²) in [5, 5.41) is 9.75. The van der Waals surface area contributed by atoms with Crippen molar-refractivity contribution >= 4 is 38.6 Å². The van der Waals surface area contributed by atoms with Crippen molar-refractivity contribution in [3.63, 3.8) is 0 Å². The van der Waals surface area contributed by atoms with Crippen LogP contribution in [-0.2, 0) is 6.61 Å². The molecule has 0 aliphatic carbocycles. The van der Waals surface area contributed by atoms with Crippen molar-refractivity contribution in [2.24, 2.45) is 0 Å². The van der Waals surface area contributed by atoms with Gasteiger partial charge in [0, 0.05) is 4.88 Å². The number of aryl methyl sites for hydroxylation is 1. The summed E-state index contributed by atoms with van der Waals surface area (Å²) in [5.74, 6) is 0. The van der Waals surface area contributed by atoms with Gasteiger partial charge in [-0.25, -0.2) is 4.98 Å². The van der Waals surface area contributed by atoms with Gasteiger partial charge in [-0.05, 0) is 35.0 Å². The first-order valence-corrected chi connectivity index (χ1v) is 6.46. The van der Waals surface area contributed by atoms with Crippen molar-refractivity contribution in [2.75, 3.05) is 0 Å². The molecule has 1 N–H and O–H groups in total. The predicted octanol–water partition coefficient (Wildman–Crippen LogP) is 3.43. The standard InChI is InChI=1S/C9H8BrNOS2/c1-5-9(11-8(4-12)13-5)6-2-3-7(10)14-6/h2-3,12H,4H2,1H3. The molecule has 0 aliphatic heterocycles. The summed E-state index contributed by atoms with van der Waals surface area (Å²) in [7, 11) is 0. The molecule has 5 heteroatoms. The lowest BCUT2D eigenvalue weighted by Crippen LogP contribution is -1.80. The fourth-order valence-corrected chi connectivity index (χ4v) is 3.49. The third-order valence-corrected chi connectivity index (χ3v) is 4.37. The number of halogens is 1. The summed E-state index contributed by atoms with van der Waals surface area (Å²) in [6, 6.07) is 4.05. The van der Waals surface area contributed by atoms with Crippen molar-refractivity contribution in [1.82, 2.24) is 4.98 Å². The molecule has 74 valence electrons. The first-order valence-electron chi connectivity index (χ1n) is 4.03. The molecule has 2 nitrogen and oxygen atoms in total. The van der Waals surface area contributed by atoms with Gasteiger partial charge in [0.05, 0.1) is 21.0 Å². The number of aromatic nitrogens is 1. The van der Waals surface area contributed by atoms with Crippen LogP contribution in [0.1, 0.15) is 9.88 Å². The molecule has 0 radical (unpaired) electrons. The molecule has 0 atom stereocenters. The van der Waals surface area contributed by atoms with Crippen LogP contribution in [0.2, 0.25) is 0 Å². The number of hydrogen-bond donors (Lipinski definition) is 1. The molecule has 0 bridgehead atoms. The maximum absolute atomic E-state index is 8.97. The van der Waals surface area contributed by atoms with E-state index in [9.17, 15) is 0 Å². The van der Waals surface area contributed by atoms with Crippen molar-refractivity contribution in [1.29, 1.82) is 0 Å². The summed E-state index contributed by atoms with van der Waals surface area (Å²) < 4.78 is 1.10. The Hall–Kier alpha value is -0.230. The molecule has 0 unspecified atom stereocenters. The van der Waals surface area contributed by atoms with E-state index in [4.69, 9.17) is 5.11 Å². The van der Waals surface area contributed by atoms with Gasteiger partial charge in [0.25, 0.3) is 0 Å². The number of thiophene rings is 1. The number of aliphatic hydroxyl groups is 1. The first-order chi connectivity index (χ1) is 6.70. The fraction of sp³-hybridized carbons (Fsp3) is 0.222. The number of aliphatic hydroxyl groups excluding tert-OH is 1. The molecule has 0 fully saturated rings. The minimum Gasteiger partial charge on any atom is -0.389 e. The topological polar surface area (TPSA) is 33.1 Å². The number of hydrogen-bond acceptors (Lipinski definition) is 4. The van der Waals surface area contributed by atoms with E-state index >= 15 is 0 Å². The molecule has 2 rings (SSSR count). The van der Waals surface area contributed by atoms with E-state index in [0.29, 0.717) is 0 Å². The summed E-state index contributed by atoms with van der Waals surface area (Å²) in [6.45, 7) is 2.05. The summed E-state index contributed by atoms with van der Waals surface area (Å²) in [4.78, 5) is 6.67. The maximum atomic E-state index is 8.97. The lowest BCUT2D eigenvalue weighted by Gasteiger charge is -1.90. The van der Waals surface area contributed by atoms with E-state index in [-0.39, 0.29) is 6.61 Å². The van der Waals surface area contributed by atoms with Gasteiger partial charge in [-0.2, -0.15) is 0 Å². The van der Waals surface area contributed by atoms with Crippen LogP contribution in [0.15, 0.2) is 15.9 Å². The molecule has 0 saturated carbocycles. The SMILES string of the molecule is Cc1sc(CO)nc1-c1ccc(Br)s1. The van der Waals surface area contributed by atoms with Crippen LogP contribution in [0.4, 0.5) is 0 Å². The predicted molar refractivity (Wildman–Crippen MR) is 63.8 cm³/mol. The Morgan fingerprint density at radius 2 is 2.21 bits per heavy atom. The van der Waals surface area contributed by atoms with Gasteiger partial charge >= 0.3 is 0 Å². The Bertz CT molecular complexity index is 449. The van der Waals surface area contributed by atoms with Crippen LogP contribution in [0.5, 0.6) is 0 Å². The highest BCUT2D eigenvalue weighted by Gasteiger charge is 2.10. The summed E-state index contributed by atoms with van der Waals surface area (Å²) in [5.41, 5.74) is 0.995. The van der Waals surface area contributed by atoms with Gasteiger partial charge in [0.2, 0.25) is 0 Å². The monoisotopic (exact) mass is 289 g/mol. The zero-order chi connectivity index (χ0) is 10.1. The molecule has 0 aliphatic rings. The third kappa shape index (κ3) is 1.91. The summed E-state index contributed by atoms with van der Waals surface area (Å²) >= 11 is 6.63. The zero-order valence-corrected chi connectivity index (χ0v) is 10.7. The van der Waals surface area contributed by atoms with E-state index in [1.165, 1.54) is 0 Å². The lowest BCUT2D eigenvalue weighted by atomic mass is 10.3. The molecule has 0 saturated heterocycles. The van der Waals surface area contributed by atoms with Crippen molar-refractivity contribution < 1.29 is 5.11 Å². The highest BCUT2D eigenvalue weighted by Crippen LogP contribution is 2.34. The molecular weight excluding hydrogens is 282 g/mol. The average Bonchev–Trinajstić information content (AvgIpc) is 2.71. The molecule has 2 aromatic heterocycles. The second kappa shape index (κ2) is 4.10. The van der Waals surface area contributed by atoms with Gasteiger partial charge < -0.3 is 5.11 Å². The Balaban J connectivity index is 2.45. The van der Waals surface area contributed by atoms with Crippen molar-refractivity contribution in [2.45, 2.75) is 13.5 Å². The first kappa shape index (κ1) is 10.3. The van der Waals surface area contributed by atoms with E-state index < -0.39 is 0 Å². The third-order valence-electron chi connectivity index (χ3n) is 1.78. The van der Waals surface area contributed by atoms with Crippen LogP contribution in [0.25, 0.3) is 10.6 Å². The van der Waals surface area contributed by atoms with Crippen LogP contribution in [0.3, 0.4) is 0 Å². The fourth-order valence-electron chi connectivity index (χ4n) is 1.19. The van der Waals surface area contributed by atoms with Crippen LogP contribution in [0, 0.1) is 6.92 Å². The van der Waals surface area contributed by atoms with Crippen molar-refractivity contribution in [3.8, 4) is 10.6 Å². The summed E-state index contributed by atoms with van der Waals surface area (Å²) in [6.07, 6.45) is 0. The van der Waals surface area contributed by atoms with Crippen LogP contribution < -0.4 is 0 Å². The minimum absolute atomic E-state index is 0.0258. The Kier molecular flexibility index (Phi) is 3.02. The van der Waals surface area contributed by atoms with E-state index in [1.807, 2.05) is 19.1 Å². The van der Waals surface area contributed by atoms with Gasteiger partial charge in [0.15, 0.2) is 0 Å². The van der Waals surface area contributed by atoms with Crippen molar-refractivity contribution in [3.05, 3.63) is 25.8 Å². The molecule has 2 heterocycles. The average molecular weight is 290 g/mol. The van der Waals surface area contributed by atoms with E-state index in [2.05, 4.69) is 20.9 Å². The van der Waals surface area contributed by atoms with E-state index in [0.717, 1.165) is 24.2 Å². The normalized spacial score (nSPS) is 10.8. The highest BCUT2D eigenvalue weighted by molar-refractivity contribution is 9.11. The molecule has 0 spiro atoms. The molecular formula is C9H8BrNOS2. The largest absolute Gasteiger partial charge is 0.389 e. The van der Waals surface area contributed by atoms with E-state index in [1.54, 1.807) is 22.7 Å². The Morgan fingerprint density at radius 3 is 2.71 bits per heavy atom. The number of thiazole rings is 1. The van der Waals surface area contributed by atoms with Gasteiger partial charge in [0.1, 0.15) is 5.01 Å². The Labute approximate surface area is 98.4 Å². The lowest BCUT2D eigenvalue weighted by molar-refractivity contribution is 0.281. The van der Waals surface area contributed by atoms with Gasteiger partial charge in [-0.3, -0.25) is 0 Å². The minimum atomic E-state index is 0.0258. The Morgan fingerprint density at radius 1 is 1.43 bits per heavy atom. The zero-order valence-electron chi connectivity index (χ0n) is 7.45. The molecule has 14 heavy (non-hydrogen) atoms. The van der Waals surface area contributed by atoms with Gasteiger partial charge in [-0.15, -0.1) is 22.7 Å². The molecule has 0 aromatic carbocycles.